The van der Waals surface area contributed by atoms with Crippen LogP contribution in [-0.4, -0.2) is 78.5 Å². The molecule has 0 heterocycles. The summed E-state index contributed by atoms with van der Waals surface area (Å²) >= 11 is 0. The van der Waals surface area contributed by atoms with E-state index in [4.69, 9.17) is 30.3 Å². The zero-order chi connectivity index (χ0) is 8.57. The Morgan fingerprint density at radius 2 is 1.38 bits per heavy atom. The minimum Gasteiger partial charge on any atom is -1.00 e. The first-order valence-corrected chi connectivity index (χ1v) is 2.32. The second-order valence-corrected chi connectivity index (χ2v) is 1.27. The van der Waals surface area contributed by atoms with Gasteiger partial charge in [-0.15, -0.1) is 0 Å². The first-order chi connectivity index (χ1) is 4.54. The summed E-state index contributed by atoms with van der Waals surface area (Å²) in [5, 5.41) is 40.7. The molecule has 0 aliphatic heterocycles. The van der Waals surface area contributed by atoms with Crippen LogP contribution in [0.2, 0.25) is 0 Å². The van der Waals surface area contributed by atoms with Gasteiger partial charge in [-0.05, 0) is 6.16 Å². The van der Waals surface area contributed by atoms with Crippen LogP contribution in [0.15, 0.2) is 0 Å². The van der Waals surface area contributed by atoms with Gasteiger partial charge in [0.2, 0.25) is 0 Å². The molecule has 0 unspecified atom stereocenters. The number of hydrogen-bond acceptors (Lipinski definition) is 6. The topological polar surface area (TPSA) is 124 Å². The number of aliphatic hydroxyl groups excluding tert-OH is 3. The first kappa shape index (κ1) is 29.3. The van der Waals surface area contributed by atoms with Gasteiger partial charge in [-0.25, -0.2) is 0 Å². The van der Waals surface area contributed by atoms with Gasteiger partial charge in [0.15, 0.2) is 0 Å². The van der Waals surface area contributed by atoms with Crippen LogP contribution in [-0.2, 0) is 0 Å². The largest absolute Gasteiger partial charge is 2.00 e. The fraction of sp³-hybridized carbons (Fsp3) is 0.750. The number of aliphatic hydroxyl groups is 3. The van der Waals surface area contributed by atoms with Gasteiger partial charge >= 0.3 is 67.3 Å². The molecule has 0 spiro atoms. The third kappa shape index (κ3) is 60.2. The minimum atomic E-state index is -2.33. The fourth-order valence-corrected chi connectivity index (χ4v) is 0.0577. The van der Waals surface area contributed by atoms with E-state index in [1.807, 2.05) is 0 Å². The summed E-state index contributed by atoms with van der Waals surface area (Å²) in [4.78, 5) is 8.33. The third-order valence-corrected chi connectivity index (χ3v) is 0.421. The molecule has 0 fully saturated rings. The molecule has 0 radical (unpaired) electrons. The fourth-order valence-electron chi connectivity index (χ4n) is 0.0577. The zero-order valence-corrected chi connectivity index (χ0v) is 11.4. The predicted octanol–water partition coefficient (Wildman–Crippen LogP) is -10.5. The summed E-state index contributed by atoms with van der Waals surface area (Å²) in [5.41, 5.74) is 0. The van der Waals surface area contributed by atoms with Crippen molar-refractivity contribution >= 4 is 43.9 Å². The van der Waals surface area contributed by atoms with E-state index in [-0.39, 0.29) is 85.2 Å². The van der Waals surface area contributed by atoms with Crippen molar-refractivity contribution in [2.75, 3.05) is 13.2 Å². The van der Waals surface area contributed by atoms with Crippen molar-refractivity contribution in [2.45, 2.75) is 6.10 Å². The maximum absolute atomic E-state index is 8.33. The van der Waals surface area contributed by atoms with Crippen molar-refractivity contribution in [1.29, 1.82) is 0 Å². The van der Waals surface area contributed by atoms with E-state index in [0.29, 0.717) is 0 Å². The van der Waals surface area contributed by atoms with Crippen molar-refractivity contribution < 1.29 is 64.6 Å². The van der Waals surface area contributed by atoms with Crippen LogP contribution >= 0.6 is 0 Å². The Balaban J connectivity index is -0.0000000279. The molecule has 0 aromatic heterocycles. The average Bonchev–Trinajstić information content (AvgIpc) is 1.85. The van der Waals surface area contributed by atoms with Crippen LogP contribution in [0.1, 0.15) is 0 Å². The van der Waals surface area contributed by atoms with Gasteiger partial charge in [0, 0.05) is 0 Å². The minimum absolute atomic E-state index is 0. The molecule has 0 aliphatic rings. The molecule has 0 saturated heterocycles. The zero-order valence-electron chi connectivity index (χ0n) is 7.14. The average molecular weight is 234 g/mol. The smallest absolute Gasteiger partial charge is 1.00 e. The number of carbonyl (C=O) groups is 1. The Labute approximate surface area is 126 Å². The summed E-state index contributed by atoms with van der Waals surface area (Å²) < 4.78 is 0. The standard InChI is InChI=1S/C3H8O3.CH2O3.Ca.FH.Na/c4-1-3(6)2-5;2-1(3)4;;;/h3-6H,1-2H2;(H2,2,3,4);;1H;/q;;+2;;+1/p-3. The molecule has 6 nitrogen and oxygen atoms in total. The first-order valence-electron chi connectivity index (χ1n) is 2.32. The molecule has 9 heteroatoms. The molecule has 70 valence electrons. The van der Waals surface area contributed by atoms with Gasteiger partial charge in [0.05, 0.1) is 13.2 Å². The maximum Gasteiger partial charge on any atom is 2.00 e. The second-order valence-electron chi connectivity index (χ2n) is 1.27. The molecule has 0 aromatic carbocycles. The maximum atomic E-state index is 8.33. The van der Waals surface area contributed by atoms with Crippen molar-refractivity contribution in [1.82, 2.24) is 0 Å². The monoisotopic (exact) mass is 234 g/mol. The van der Waals surface area contributed by atoms with Crippen molar-refractivity contribution in [3.05, 3.63) is 0 Å². The van der Waals surface area contributed by atoms with Crippen molar-refractivity contribution in [3.63, 3.8) is 0 Å². The van der Waals surface area contributed by atoms with E-state index < -0.39 is 12.3 Å². The molecule has 0 saturated carbocycles. The molecule has 0 aromatic rings. The van der Waals surface area contributed by atoms with E-state index in [1.54, 1.807) is 0 Å². The molecular weight excluding hydrogens is 226 g/mol. The van der Waals surface area contributed by atoms with Gasteiger partial charge in [-0.3, -0.25) is 0 Å². The van der Waals surface area contributed by atoms with Crippen LogP contribution in [0, 0.1) is 0 Å². The number of carboxylic acid groups (broad SMARTS) is 2. The van der Waals surface area contributed by atoms with Crippen LogP contribution in [0.5, 0.6) is 0 Å². The number of rotatable bonds is 2. The second kappa shape index (κ2) is 23.3. The number of halogens is 1. The van der Waals surface area contributed by atoms with Crippen LogP contribution in [0.25, 0.3) is 0 Å². The van der Waals surface area contributed by atoms with Gasteiger partial charge in [-0.1, -0.05) is 0 Å². The quantitative estimate of drug-likeness (QED) is 0.407. The van der Waals surface area contributed by atoms with Gasteiger partial charge in [-0.2, -0.15) is 0 Å². The predicted molar refractivity (Wildman–Crippen MR) is 31.3 cm³/mol. The van der Waals surface area contributed by atoms with E-state index in [9.17, 15) is 0 Å². The number of carbonyl (C=O) groups excluding carboxylic acids is 1. The number of hydrogen-bond donors (Lipinski definition) is 3. The van der Waals surface area contributed by atoms with Crippen LogP contribution in [0.4, 0.5) is 4.79 Å². The van der Waals surface area contributed by atoms with E-state index in [2.05, 4.69) is 0 Å². The molecule has 0 rings (SSSR count). The summed E-state index contributed by atoms with van der Waals surface area (Å²) in [7, 11) is 0. The van der Waals surface area contributed by atoms with Gasteiger partial charge in [0.25, 0.3) is 0 Å². The van der Waals surface area contributed by atoms with Gasteiger partial charge in [0.1, 0.15) is 6.10 Å². The molecule has 0 bridgehead atoms. The van der Waals surface area contributed by atoms with E-state index >= 15 is 0 Å². The Bertz CT molecular complexity index is 88.7. The Morgan fingerprint density at radius 1 is 1.23 bits per heavy atom. The van der Waals surface area contributed by atoms with E-state index in [1.165, 1.54) is 0 Å². The van der Waals surface area contributed by atoms with Crippen LogP contribution in [0.3, 0.4) is 0 Å². The Morgan fingerprint density at radius 3 is 1.38 bits per heavy atom. The Hall–Kier alpha value is 1.34. The van der Waals surface area contributed by atoms with Gasteiger partial charge < -0.3 is 35.0 Å². The summed E-state index contributed by atoms with van der Waals surface area (Å²) in [5.74, 6) is 0. The van der Waals surface area contributed by atoms with Crippen LogP contribution < -0.4 is 44.5 Å². The molecule has 13 heavy (non-hydrogen) atoms. The molecule has 3 N–H and O–H groups in total. The Kier molecular flexibility index (Phi) is 52.4. The van der Waals surface area contributed by atoms with Crippen molar-refractivity contribution in [3.8, 4) is 0 Å². The van der Waals surface area contributed by atoms with Crippen molar-refractivity contribution in [2.24, 2.45) is 0 Å². The summed E-state index contributed by atoms with van der Waals surface area (Å²) in [6.07, 6.45) is -3.29. The molecule has 0 aliphatic carbocycles. The summed E-state index contributed by atoms with van der Waals surface area (Å²) in [6.45, 7) is -0.729. The third-order valence-electron chi connectivity index (χ3n) is 0.421. The normalized spacial score (nSPS) is 6.46. The van der Waals surface area contributed by atoms with E-state index in [0.717, 1.165) is 0 Å². The molecule has 0 amide bonds. The molecule has 0 atom stereocenters. The summed E-state index contributed by atoms with van der Waals surface area (Å²) in [6, 6.07) is 0. The SMILES string of the molecule is O=C([O-])[O-].OCC(O)CO.[Ca+2].[F-].[Na+]. The molecular formula is C4H8CaFNaO6.